The summed E-state index contributed by atoms with van der Waals surface area (Å²) in [6, 6.07) is 2.00. The number of nitrogens with one attached hydrogen (secondary N) is 2. The van der Waals surface area contributed by atoms with Crippen molar-refractivity contribution >= 4 is 35.8 Å². The highest BCUT2D eigenvalue weighted by molar-refractivity contribution is 14.0. The molecule has 1 aromatic heterocycles. The van der Waals surface area contributed by atoms with Crippen LogP contribution in [0.2, 0.25) is 0 Å². The summed E-state index contributed by atoms with van der Waals surface area (Å²) < 4.78 is 5.50. The van der Waals surface area contributed by atoms with Gasteiger partial charge in [0.15, 0.2) is 5.96 Å². The summed E-state index contributed by atoms with van der Waals surface area (Å²) in [5.41, 5.74) is 0.853. The summed E-state index contributed by atoms with van der Waals surface area (Å²) in [4.78, 5) is 18.0. The predicted octanol–water partition coefficient (Wildman–Crippen LogP) is 2.44. The zero-order valence-electron chi connectivity index (χ0n) is 15.1. The molecule has 0 unspecified atom stereocenters. The van der Waals surface area contributed by atoms with Crippen LogP contribution >= 0.6 is 24.0 Å². The third-order valence-corrected chi connectivity index (χ3v) is 3.05. The van der Waals surface area contributed by atoms with E-state index in [0.29, 0.717) is 12.5 Å². The number of carbonyl (C=O) groups is 1. The highest BCUT2D eigenvalue weighted by Gasteiger charge is 2.17. The maximum Gasteiger partial charge on any atom is 0.240 e. The molecule has 0 aromatic carbocycles. The standard InChI is InChI=1S/C16H28N4O2.HI/c1-11-8-13(12(2)22-11)9-18-15(17-6)20(7)10-14(21)19-16(3,4)5;/h8H,9-10H2,1-7H3,(H,17,18)(H,19,21);1H. The Morgan fingerprint density at radius 1 is 1.35 bits per heavy atom. The molecule has 0 fully saturated rings. The molecule has 1 rings (SSSR count). The van der Waals surface area contributed by atoms with Crippen LogP contribution in [0.25, 0.3) is 0 Å². The van der Waals surface area contributed by atoms with E-state index >= 15 is 0 Å². The third-order valence-electron chi connectivity index (χ3n) is 3.05. The van der Waals surface area contributed by atoms with Crippen molar-refractivity contribution in [3.8, 4) is 0 Å². The normalized spacial score (nSPS) is 11.7. The first-order valence-electron chi connectivity index (χ1n) is 7.41. The van der Waals surface area contributed by atoms with E-state index in [1.54, 1.807) is 11.9 Å². The van der Waals surface area contributed by atoms with E-state index < -0.39 is 0 Å². The molecule has 0 aliphatic heterocycles. The van der Waals surface area contributed by atoms with E-state index in [4.69, 9.17) is 4.42 Å². The number of amides is 1. The Bertz CT molecular complexity index is 547. The molecule has 1 aromatic rings. The van der Waals surface area contributed by atoms with Crippen LogP contribution in [0.3, 0.4) is 0 Å². The predicted molar refractivity (Wildman–Crippen MR) is 104 cm³/mol. The van der Waals surface area contributed by atoms with Gasteiger partial charge in [0.25, 0.3) is 0 Å². The first kappa shape index (κ1) is 21.8. The Labute approximate surface area is 156 Å². The number of furan rings is 1. The van der Waals surface area contributed by atoms with Crippen molar-refractivity contribution < 1.29 is 9.21 Å². The Balaban J connectivity index is 0.00000484. The Morgan fingerprint density at radius 3 is 2.39 bits per heavy atom. The summed E-state index contributed by atoms with van der Waals surface area (Å²) in [7, 11) is 3.54. The molecule has 132 valence electrons. The lowest BCUT2D eigenvalue weighted by atomic mass is 10.1. The van der Waals surface area contributed by atoms with Crippen LogP contribution < -0.4 is 10.6 Å². The Hall–Kier alpha value is -1.25. The van der Waals surface area contributed by atoms with Crippen molar-refractivity contribution in [1.29, 1.82) is 0 Å². The number of hydrogen-bond donors (Lipinski definition) is 2. The molecule has 0 radical (unpaired) electrons. The van der Waals surface area contributed by atoms with Crippen molar-refractivity contribution in [2.75, 3.05) is 20.6 Å². The number of carbonyl (C=O) groups excluding carboxylic acids is 1. The van der Waals surface area contributed by atoms with Gasteiger partial charge in [0.05, 0.1) is 6.54 Å². The third kappa shape index (κ3) is 7.71. The molecule has 0 saturated heterocycles. The van der Waals surface area contributed by atoms with Gasteiger partial charge in [-0.25, -0.2) is 0 Å². The molecule has 0 saturated carbocycles. The summed E-state index contributed by atoms with van der Waals surface area (Å²) in [5, 5.41) is 6.18. The van der Waals surface area contributed by atoms with E-state index in [2.05, 4.69) is 15.6 Å². The van der Waals surface area contributed by atoms with Crippen LogP contribution in [-0.4, -0.2) is 42.9 Å². The van der Waals surface area contributed by atoms with Crippen molar-refractivity contribution in [2.45, 2.75) is 46.7 Å². The van der Waals surface area contributed by atoms with Crippen LogP contribution in [0.4, 0.5) is 0 Å². The maximum atomic E-state index is 12.0. The van der Waals surface area contributed by atoms with E-state index in [1.807, 2.05) is 47.7 Å². The van der Waals surface area contributed by atoms with E-state index in [1.165, 1.54) is 0 Å². The van der Waals surface area contributed by atoms with Crippen molar-refractivity contribution in [3.05, 3.63) is 23.2 Å². The summed E-state index contributed by atoms with van der Waals surface area (Å²) in [6.45, 7) is 10.6. The highest BCUT2D eigenvalue weighted by atomic mass is 127. The molecule has 0 spiro atoms. The second-order valence-electron chi connectivity index (χ2n) is 6.49. The van der Waals surface area contributed by atoms with Crippen molar-refractivity contribution in [1.82, 2.24) is 15.5 Å². The van der Waals surface area contributed by atoms with Crippen molar-refractivity contribution in [2.24, 2.45) is 4.99 Å². The number of aliphatic imine (C=N–C) groups is 1. The average Bonchev–Trinajstić information content (AvgIpc) is 2.66. The fourth-order valence-corrected chi connectivity index (χ4v) is 2.17. The molecule has 1 heterocycles. The molecule has 0 aliphatic rings. The first-order chi connectivity index (χ1) is 10.1. The zero-order chi connectivity index (χ0) is 16.9. The van der Waals surface area contributed by atoms with E-state index in [0.717, 1.165) is 17.1 Å². The van der Waals surface area contributed by atoms with Gasteiger partial charge in [-0.2, -0.15) is 0 Å². The fourth-order valence-electron chi connectivity index (χ4n) is 2.17. The number of nitrogens with zero attached hydrogens (tertiary/aromatic N) is 2. The van der Waals surface area contributed by atoms with Crippen LogP contribution in [0.15, 0.2) is 15.5 Å². The first-order valence-corrected chi connectivity index (χ1v) is 7.41. The highest BCUT2D eigenvalue weighted by Crippen LogP contribution is 2.13. The van der Waals surface area contributed by atoms with Gasteiger partial charge in [-0.15, -0.1) is 24.0 Å². The molecular formula is C16H29IN4O2. The number of hydrogen-bond acceptors (Lipinski definition) is 3. The maximum absolute atomic E-state index is 12.0. The average molecular weight is 436 g/mol. The van der Waals surface area contributed by atoms with Gasteiger partial charge in [-0.3, -0.25) is 9.79 Å². The quantitative estimate of drug-likeness (QED) is 0.432. The molecule has 2 N–H and O–H groups in total. The second kappa shape index (κ2) is 9.14. The Kier molecular flexibility index (Phi) is 8.65. The number of guanidine groups is 1. The van der Waals surface area contributed by atoms with Crippen molar-refractivity contribution in [3.63, 3.8) is 0 Å². The summed E-state index contributed by atoms with van der Waals surface area (Å²) >= 11 is 0. The van der Waals surface area contributed by atoms with Gasteiger partial charge in [0, 0.05) is 31.7 Å². The molecule has 0 aliphatic carbocycles. The van der Waals surface area contributed by atoms with Gasteiger partial charge in [-0.1, -0.05) is 0 Å². The van der Waals surface area contributed by atoms with Gasteiger partial charge in [0.2, 0.25) is 5.91 Å². The summed E-state index contributed by atoms with van der Waals surface area (Å²) in [6.07, 6.45) is 0. The molecule has 7 heteroatoms. The van der Waals surface area contributed by atoms with E-state index in [9.17, 15) is 4.79 Å². The molecule has 23 heavy (non-hydrogen) atoms. The summed E-state index contributed by atoms with van der Waals surface area (Å²) in [5.74, 6) is 2.42. The topological polar surface area (TPSA) is 69.9 Å². The van der Waals surface area contributed by atoms with Crippen LogP contribution in [0.1, 0.15) is 37.9 Å². The number of aryl methyl sites for hydroxylation is 2. The van der Waals surface area contributed by atoms with Gasteiger partial charge in [0.1, 0.15) is 11.5 Å². The van der Waals surface area contributed by atoms with Crippen LogP contribution in [-0.2, 0) is 11.3 Å². The van der Waals surface area contributed by atoms with Gasteiger partial charge >= 0.3 is 0 Å². The molecule has 1 amide bonds. The number of halogens is 1. The number of likely N-dealkylation sites (N-methyl/N-ethyl adjacent to an activating group) is 1. The van der Waals surface area contributed by atoms with Gasteiger partial charge < -0.3 is 20.0 Å². The molecule has 0 bridgehead atoms. The smallest absolute Gasteiger partial charge is 0.240 e. The SMILES string of the molecule is CN=C(NCc1cc(C)oc1C)N(C)CC(=O)NC(C)(C)C.I. The largest absolute Gasteiger partial charge is 0.466 e. The fraction of sp³-hybridized carbons (Fsp3) is 0.625. The molecular weight excluding hydrogens is 407 g/mol. The minimum atomic E-state index is -0.236. The molecule has 6 nitrogen and oxygen atoms in total. The van der Waals surface area contributed by atoms with Crippen LogP contribution in [0.5, 0.6) is 0 Å². The second-order valence-corrected chi connectivity index (χ2v) is 6.49. The van der Waals surface area contributed by atoms with Gasteiger partial charge in [-0.05, 0) is 40.7 Å². The number of rotatable bonds is 4. The lowest BCUT2D eigenvalue weighted by molar-refractivity contribution is -0.122. The van der Waals surface area contributed by atoms with E-state index in [-0.39, 0.29) is 42.0 Å². The minimum absolute atomic E-state index is 0. The van der Waals surface area contributed by atoms with Crippen LogP contribution in [0, 0.1) is 13.8 Å². The minimum Gasteiger partial charge on any atom is -0.466 e. The Morgan fingerprint density at radius 2 is 1.96 bits per heavy atom. The molecule has 0 atom stereocenters. The lowest BCUT2D eigenvalue weighted by Crippen LogP contribution is -2.48. The lowest BCUT2D eigenvalue weighted by Gasteiger charge is -2.25. The monoisotopic (exact) mass is 436 g/mol. The zero-order valence-corrected chi connectivity index (χ0v) is 17.4.